The van der Waals surface area contributed by atoms with Crippen molar-refractivity contribution in [2.75, 3.05) is 22.9 Å². The second-order valence-electron chi connectivity index (χ2n) is 10.8. The van der Waals surface area contributed by atoms with Gasteiger partial charge in [0.1, 0.15) is 0 Å². The van der Waals surface area contributed by atoms with E-state index < -0.39 is 6.29 Å². The summed E-state index contributed by atoms with van der Waals surface area (Å²) in [6.45, 7) is 3.58. The van der Waals surface area contributed by atoms with Crippen molar-refractivity contribution in [3.8, 4) is 0 Å². The monoisotopic (exact) mass is 619 g/mol. The Balaban J connectivity index is 1.40. The van der Waals surface area contributed by atoms with Crippen LogP contribution >= 0.6 is 11.8 Å². The Bertz CT molecular complexity index is 1380. The molecule has 0 radical (unpaired) electrons. The first-order chi connectivity index (χ1) is 21.3. The van der Waals surface area contributed by atoms with E-state index in [2.05, 4.69) is 16.0 Å². The highest BCUT2D eigenvalue weighted by Crippen LogP contribution is 2.40. The standard InChI is InChI=1S/C34H41N3O6S/c1-23(39)35-18-5-3-4-9-33(41)37-29-8-6-7-27(19-29)34-42-30(20-32(43-34)26-12-10-25(21-38)11-13-26)22-44-31-16-14-28(15-17-31)36-24(2)40/h6-8,10-17,19,30,32,34,38H,3-5,9,18,20-22H2,1-2H3,(H,35,39)(H,36,40)(H,37,41)/t30-,32+,34+/m0/s1. The van der Waals surface area contributed by atoms with Crippen LogP contribution in [0.25, 0.3) is 0 Å². The Labute approximate surface area is 263 Å². The van der Waals surface area contributed by atoms with E-state index in [0.717, 1.165) is 46.5 Å². The van der Waals surface area contributed by atoms with Crippen LogP contribution in [0.3, 0.4) is 0 Å². The number of aliphatic hydroxyl groups excluding tert-OH is 1. The lowest BCUT2D eigenvalue weighted by molar-refractivity contribution is -0.245. The maximum absolute atomic E-state index is 12.6. The van der Waals surface area contributed by atoms with Crippen molar-refractivity contribution in [2.45, 2.75) is 76.0 Å². The number of aliphatic hydroxyl groups is 1. The molecule has 3 aromatic rings. The maximum atomic E-state index is 12.6. The van der Waals surface area contributed by atoms with Crippen LogP contribution in [0.4, 0.5) is 11.4 Å². The van der Waals surface area contributed by atoms with E-state index in [0.29, 0.717) is 30.8 Å². The molecule has 4 N–H and O–H groups in total. The lowest BCUT2D eigenvalue weighted by atomic mass is 10.0. The van der Waals surface area contributed by atoms with Gasteiger partial charge >= 0.3 is 0 Å². The summed E-state index contributed by atoms with van der Waals surface area (Å²) < 4.78 is 12.9. The highest BCUT2D eigenvalue weighted by molar-refractivity contribution is 7.99. The molecular formula is C34H41N3O6S. The molecule has 3 amide bonds. The number of rotatable bonds is 14. The fourth-order valence-corrected chi connectivity index (χ4v) is 5.81. The van der Waals surface area contributed by atoms with E-state index in [1.165, 1.54) is 13.8 Å². The number of nitrogens with one attached hydrogen (secondary N) is 3. The van der Waals surface area contributed by atoms with Crippen molar-refractivity contribution in [1.82, 2.24) is 5.32 Å². The minimum Gasteiger partial charge on any atom is -0.392 e. The third kappa shape index (κ3) is 10.8. The van der Waals surface area contributed by atoms with Crippen molar-refractivity contribution in [1.29, 1.82) is 0 Å². The highest BCUT2D eigenvalue weighted by Gasteiger charge is 2.32. The van der Waals surface area contributed by atoms with Crippen LogP contribution < -0.4 is 16.0 Å². The first-order valence-corrected chi connectivity index (χ1v) is 15.9. The van der Waals surface area contributed by atoms with Gasteiger partial charge in [0, 0.05) is 60.8 Å². The van der Waals surface area contributed by atoms with Crippen molar-refractivity contribution >= 4 is 40.9 Å². The zero-order valence-electron chi connectivity index (χ0n) is 25.2. The Kier molecular flexibility index (Phi) is 12.8. The summed E-state index contributed by atoms with van der Waals surface area (Å²) in [5.74, 6) is 0.485. The molecule has 1 heterocycles. The van der Waals surface area contributed by atoms with Crippen LogP contribution in [0.1, 0.15) is 75.0 Å². The van der Waals surface area contributed by atoms with Crippen molar-refractivity contribution < 1.29 is 29.0 Å². The molecule has 0 spiro atoms. The number of hydrogen-bond donors (Lipinski definition) is 4. The Morgan fingerprint density at radius 3 is 2.32 bits per heavy atom. The quantitative estimate of drug-likeness (QED) is 0.127. The van der Waals surface area contributed by atoms with Gasteiger partial charge in [-0.2, -0.15) is 0 Å². The first kappa shape index (κ1) is 33.2. The number of benzene rings is 3. The maximum Gasteiger partial charge on any atom is 0.224 e. The molecule has 4 rings (SSSR count). The van der Waals surface area contributed by atoms with Gasteiger partial charge in [-0.15, -0.1) is 11.8 Å². The number of carbonyl (C=O) groups excluding carboxylic acids is 3. The Morgan fingerprint density at radius 2 is 1.61 bits per heavy atom. The molecule has 0 bridgehead atoms. The second-order valence-corrected chi connectivity index (χ2v) is 11.9. The zero-order valence-corrected chi connectivity index (χ0v) is 26.0. The molecule has 3 aromatic carbocycles. The summed E-state index contributed by atoms with van der Waals surface area (Å²) in [6, 6.07) is 23.1. The normalized spacial score (nSPS) is 17.9. The van der Waals surface area contributed by atoms with E-state index in [9.17, 15) is 19.5 Å². The van der Waals surface area contributed by atoms with Crippen LogP contribution in [0.2, 0.25) is 0 Å². The minimum absolute atomic E-state index is 0.0207. The third-order valence-corrected chi connectivity index (χ3v) is 8.27. The second kappa shape index (κ2) is 17.0. The van der Waals surface area contributed by atoms with E-state index >= 15 is 0 Å². The number of anilines is 2. The third-order valence-electron chi connectivity index (χ3n) is 7.12. The zero-order chi connectivity index (χ0) is 31.3. The van der Waals surface area contributed by atoms with Crippen molar-refractivity contribution in [3.63, 3.8) is 0 Å². The van der Waals surface area contributed by atoms with Gasteiger partial charge in [-0.25, -0.2) is 0 Å². The summed E-state index contributed by atoms with van der Waals surface area (Å²) >= 11 is 1.68. The predicted octanol–water partition coefficient (Wildman–Crippen LogP) is 6.11. The van der Waals surface area contributed by atoms with Crippen molar-refractivity contribution in [2.24, 2.45) is 0 Å². The smallest absolute Gasteiger partial charge is 0.224 e. The summed E-state index contributed by atoms with van der Waals surface area (Å²) in [5, 5.41) is 18.0. The van der Waals surface area contributed by atoms with Gasteiger partial charge < -0.3 is 30.5 Å². The van der Waals surface area contributed by atoms with Gasteiger partial charge in [-0.05, 0) is 60.4 Å². The van der Waals surface area contributed by atoms with E-state index in [4.69, 9.17) is 9.47 Å². The van der Waals surface area contributed by atoms with Gasteiger partial charge in [-0.1, -0.05) is 42.8 Å². The molecule has 0 aliphatic carbocycles. The molecule has 1 aliphatic heterocycles. The topological polar surface area (TPSA) is 126 Å². The van der Waals surface area contributed by atoms with Gasteiger partial charge in [0.15, 0.2) is 6.29 Å². The average Bonchev–Trinajstić information content (AvgIpc) is 3.02. The summed E-state index contributed by atoms with van der Waals surface area (Å²) in [6.07, 6.45) is 2.52. The van der Waals surface area contributed by atoms with Crippen molar-refractivity contribution in [3.05, 3.63) is 89.5 Å². The summed E-state index contributed by atoms with van der Waals surface area (Å²) in [7, 11) is 0. The Morgan fingerprint density at radius 1 is 0.841 bits per heavy atom. The average molecular weight is 620 g/mol. The van der Waals surface area contributed by atoms with Crippen LogP contribution in [-0.2, 0) is 30.5 Å². The van der Waals surface area contributed by atoms with E-state index in [-0.39, 0.29) is 36.5 Å². The molecule has 44 heavy (non-hydrogen) atoms. The highest BCUT2D eigenvalue weighted by atomic mass is 32.2. The Hall–Kier alpha value is -3.70. The molecule has 10 heteroatoms. The fraction of sp³-hybridized carbons (Fsp3) is 0.382. The molecule has 1 fully saturated rings. The molecule has 3 atom stereocenters. The first-order valence-electron chi connectivity index (χ1n) is 14.9. The van der Waals surface area contributed by atoms with Crippen LogP contribution in [-0.4, -0.2) is 41.2 Å². The molecule has 0 aromatic heterocycles. The van der Waals surface area contributed by atoms with E-state index in [1.807, 2.05) is 72.8 Å². The number of unbranched alkanes of at least 4 members (excludes halogenated alkanes) is 2. The van der Waals surface area contributed by atoms with Crippen LogP contribution in [0.15, 0.2) is 77.7 Å². The fourth-order valence-electron chi connectivity index (χ4n) is 4.89. The molecule has 234 valence electrons. The number of hydrogen-bond acceptors (Lipinski definition) is 7. The lowest BCUT2D eigenvalue weighted by Crippen LogP contribution is -2.31. The number of ether oxygens (including phenoxy) is 2. The number of carbonyl (C=O) groups is 3. The molecule has 9 nitrogen and oxygen atoms in total. The predicted molar refractivity (Wildman–Crippen MR) is 172 cm³/mol. The number of amides is 3. The van der Waals surface area contributed by atoms with E-state index in [1.54, 1.807) is 11.8 Å². The van der Waals surface area contributed by atoms with Gasteiger partial charge in [0.25, 0.3) is 0 Å². The SMILES string of the molecule is CC(=O)NCCCCCC(=O)Nc1cccc([C@@H]2O[C@H](CSc3ccc(NC(C)=O)cc3)C[C@H](c3ccc(CO)cc3)O2)c1. The minimum atomic E-state index is -0.635. The van der Waals surface area contributed by atoms with Gasteiger partial charge in [-0.3, -0.25) is 14.4 Å². The van der Waals surface area contributed by atoms with Crippen LogP contribution in [0.5, 0.6) is 0 Å². The lowest BCUT2D eigenvalue weighted by Gasteiger charge is -2.36. The van der Waals surface area contributed by atoms with Crippen LogP contribution in [0, 0.1) is 0 Å². The molecule has 1 aliphatic rings. The molecule has 1 saturated heterocycles. The molecular weight excluding hydrogens is 578 g/mol. The summed E-state index contributed by atoms with van der Waals surface area (Å²) in [5.41, 5.74) is 4.09. The van der Waals surface area contributed by atoms with Gasteiger partial charge in [0.05, 0.1) is 18.8 Å². The summed E-state index contributed by atoms with van der Waals surface area (Å²) in [4.78, 5) is 36.0. The largest absolute Gasteiger partial charge is 0.392 e. The molecule has 0 unspecified atom stereocenters. The van der Waals surface area contributed by atoms with Gasteiger partial charge in [0.2, 0.25) is 17.7 Å². The number of thioether (sulfide) groups is 1. The molecule has 0 saturated carbocycles.